The lowest BCUT2D eigenvalue weighted by molar-refractivity contribution is -0.174. The Morgan fingerprint density at radius 1 is 0.644 bits per heavy atom. The van der Waals surface area contributed by atoms with E-state index in [1.807, 2.05) is 70.7 Å². The molecule has 4 aliphatic heterocycles. The number of carbonyl (C=O) groups is 6. The quantitative estimate of drug-likeness (QED) is 0.161. The van der Waals surface area contributed by atoms with E-state index in [0.717, 1.165) is 30.4 Å². The van der Waals surface area contributed by atoms with Gasteiger partial charge < -0.3 is 25.5 Å². The summed E-state index contributed by atoms with van der Waals surface area (Å²) in [6, 6.07) is 14.9. The molecule has 0 aromatic heterocycles. The van der Waals surface area contributed by atoms with Crippen LogP contribution in [-0.2, 0) is 46.3 Å². The topological polar surface area (TPSA) is 241 Å². The minimum Gasteiger partial charge on any atom is -0.480 e. The number of carboxylic acid groups (broad SMARTS) is 3. The minimum absolute atomic E-state index is 0. The first-order valence-electron chi connectivity index (χ1n) is 20.6. The van der Waals surface area contributed by atoms with Gasteiger partial charge in [0.25, 0.3) is 11.8 Å². The third-order valence-electron chi connectivity index (χ3n) is 11.2. The Bertz CT molecular complexity index is 1700. The van der Waals surface area contributed by atoms with Crippen molar-refractivity contribution in [1.82, 2.24) is 30.7 Å². The Morgan fingerprint density at radius 2 is 1.03 bits per heavy atom. The van der Waals surface area contributed by atoms with E-state index < -0.39 is 54.2 Å². The second-order valence-corrected chi connectivity index (χ2v) is 15.2. The average Bonchev–Trinajstić information content (AvgIpc) is 3.48. The number of benzene rings is 2. The van der Waals surface area contributed by atoms with Crippen LogP contribution in [0.4, 0.5) is 0 Å². The fourth-order valence-electron chi connectivity index (χ4n) is 8.29. The summed E-state index contributed by atoms with van der Waals surface area (Å²) < 4.78 is 5.24. The highest BCUT2D eigenvalue weighted by Gasteiger charge is 2.44. The third-order valence-corrected chi connectivity index (χ3v) is 11.2. The van der Waals surface area contributed by atoms with Gasteiger partial charge in [-0.1, -0.05) is 60.7 Å². The number of aliphatic carboxylic acids is 3. The maximum atomic E-state index is 13.3. The van der Waals surface area contributed by atoms with Gasteiger partial charge in [0, 0.05) is 26.2 Å². The molecule has 324 valence electrons. The van der Waals surface area contributed by atoms with Gasteiger partial charge >= 0.3 is 23.9 Å². The summed E-state index contributed by atoms with van der Waals surface area (Å²) in [5, 5.41) is 41.4. The van der Waals surface area contributed by atoms with E-state index in [0.29, 0.717) is 84.0 Å². The van der Waals surface area contributed by atoms with E-state index in [1.54, 1.807) is 6.92 Å². The van der Waals surface area contributed by atoms with E-state index in [4.69, 9.17) is 4.74 Å². The van der Waals surface area contributed by atoms with Crippen molar-refractivity contribution in [3.63, 3.8) is 0 Å². The van der Waals surface area contributed by atoms with Crippen LogP contribution in [0.25, 0.3) is 0 Å². The van der Waals surface area contributed by atoms with Crippen molar-refractivity contribution >= 4 is 35.7 Å². The number of nitrogens with zero attached hydrogens (tertiary/aromatic N) is 4. The molecule has 17 nitrogen and oxygen atoms in total. The molecule has 0 bridgehead atoms. The Labute approximate surface area is 344 Å². The van der Waals surface area contributed by atoms with Crippen molar-refractivity contribution in [3.8, 4) is 0 Å². The van der Waals surface area contributed by atoms with E-state index in [-0.39, 0.29) is 29.9 Å². The van der Waals surface area contributed by atoms with E-state index in [1.165, 1.54) is 10.0 Å². The maximum absolute atomic E-state index is 13.3. The van der Waals surface area contributed by atoms with E-state index in [2.05, 4.69) is 10.6 Å². The standard InChI is InChI=1S/C22H31N3O5.C20H27N3O5.H2O/c1-2-30-22(29)18(13-12-16-8-4-3-5-9-16)23-17-10-6-14-24-15-7-11-19(21(27)28)25(24)20(17)26;24-18-15(8-4-12-22-13-5-9-17(20(27)28)23(18)22)21-16(19(25)26)11-10-14-6-2-1-3-7-14;/h3-5,8-9,17-19,23H,2,6-7,10-15H2,1H3,(H,27,28);1-3,6-7,15-17,21H,4-5,8-13H2,(H,25,26)(H,27,28);1H2/t17-,18-,19-;15-,16-,17-;/m00./s1. The van der Waals surface area contributed by atoms with Gasteiger partial charge in [-0.25, -0.2) is 19.6 Å². The highest BCUT2D eigenvalue weighted by atomic mass is 16.5. The molecule has 6 rings (SSSR count). The van der Waals surface area contributed by atoms with Crippen LogP contribution >= 0.6 is 0 Å². The monoisotopic (exact) mass is 824 g/mol. The molecule has 2 amide bonds. The normalized spacial score (nSPS) is 23.4. The number of hydrogen-bond acceptors (Lipinski definition) is 11. The number of hydrazine groups is 2. The van der Waals surface area contributed by atoms with E-state index >= 15 is 0 Å². The number of esters is 1. The molecular weight excluding hydrogens is 764 g/mol. The Kier molecular flexibility index (Phi) is 18.2. The molecule has 0 unspecified atom stereocenters. The molecule has 4 fully saturated rings. The number of fused-ring (bicyclic) bond motifs is 2. The lowest BCUT2D eigenvalue weighted by Gasteiger charge is -2.42. The molecule has 2 aromatic rings. The second-order valence-electron chi connectivity index (χ2n) is 15.2. The number of amides is 2. The van der Waals surface area contributed by atoms with Crippen LogP contribution in [0.3, 0.4) is 0 Å². The van der Waals surface area contributed by atoms with Gasteiger partial charge in [0.05, 0.1) is 18.7 Å². The molecule has 0 radical (unpaired) electrons. The van der Waals surface area contributed by atoms with Crippen molar-refractivity contribution in [2.45, 2.75) is 120 Å². The highest BCUT2D eigenvalue weighted by molar-refractivity contribution is 5.88. The first-order chi connectivity index (χ1) is 28.0. The van der Waals surface area contributed by atoms with Gasteiger partial charge in [-0.3, -0.25) is 39.8 Å². The summed E-state index contributed by atoms with van der Waals surface area (Å²) in [6.45, 7) is 4.60. The van der Waals surface area contributed by atoms with Gasteiger partial charge in [-0.2, -0.15) is 0 Å². The lowest BCUT2D eigenvalue weighted by Crippen LogP contribution is -2.61. The summed E-state index contributed by atoms with van der Waals surface area (Å²) >= 11 is 0. The largest absolute Gasteiger partial charge is 0.480 e. The molecule has 0 aliphatic carbocycles. The number of aryl methyl sites for hydroxylation is 2. The Morgan fingerprint density at radius 3 is 1.42 bits per heavy atom. The first-order valence-corrected chi connectivity index (χ1v) is 20.6. The number of nitrogens with one attached hydrogen (secondary N) is 2. The summed E-state index contributed by atoms with van der Waals surface area (Å²) in [6.07, 6.45) is 6.96. The highest BCUT2D eigenvalue weighted by Crippen LogP contribution is 2.26. The SMILES string of the molecule is CCOC(=O)[C@H](CCc1ccccc1)N[C@H]1CCCN2CCC[C@@H](C(=O)O)N2C1=O.O.O=C(O)[C@H](CCc1ccccc1)N[C@H]1CCCN2CCC[C@@H](C(=O)O)N2C1=O. The Hall–Kier alpha value is -4.94. The van der Waals surface area contributed by atoms with Crippen LogP contribution in [0.5, 0.6) is 0 Å². The molecule has 4 aliphatic rings. The molecule has 2 aromatic carbocycles. The van der Waals surface area contributed by atoms with Crippen molar-refractivity contribution in [1.29, 1.82) is 0 Å². The van der Waals surface area contributed by atoms with Gasteiger partial charge in [0.2, 0.25) is 0 Å². The molecule has 0 saturated carbocycles. The molecule has 4 saturated heterocycles. The van der Waals surface area contributed by atoms with Crippen molar-refractivity contribution < 1.29 is 54.3 Å². The summed E-state index contributed by atoms with van der Waals surface area (Å²) in [4.78, 5) is 74.1. The number of hydrogen-bond donors (Lipinski definition) is 5. The van der Waals surface area contributed by atoms with E-state index in [9.17, 15) is 44.1 Å². The predicted molar refractivity (Wildman–Crippen MR) is 215 cm³/mol. The molecule has 7 N–H and O–H groups in total. The third kappa shape index (κ3) is 12.8. The number of carbonyl (C=O) groups excluding carboxylic acids is 3. The average molecular weight is 825 g/mol. The zero-order chi connectivity index (χ0) is 41.6. The molecule has 4 heterocycles. The predicted octanol–water partition coefficient (Wildman–Crippen LogP) is 1.89. The summed E-state index contributed by atoms with van der Waals surface area (Å²) in [7, 11) is 0. The van der Waals surface area contributed by atoms with Gasteiger partial charge in [0.1, 0.15) is 24.2 Å². The molecule has 59 heavy (non-hydrogen) atoms. The fraction of sp³-hybridized carbons (Fsp3) is 0.571. The van der Waals surface area contributed by atoms with Gasteiger partial charge in [-0.05, 0) is 95.1 Å². The van der Waals surface area contributed by atoms with Crippen LogP contribution in [0, 0.1) is 0 Å². The first kappa shape index (κ1) is 46.7. The fourth-order valence-corrected chi connectivity index (χ4v) is 8.29. The number of ether oxygens (including phenoxy) is 1. The minimum atomic E-state index is -1.02. The van der Waals surface area contributed by atoms with Crippen LogP contribution in [0.2, 0.25) is 0 Å². The van der Waals surface area contributed by atoms with Crippen molar-refractivity contribution in [3.05, 3.63) is 71.8 Å². The molecule has 6 atom stereocenters. The van der Waals surface area contributed by atoms with Crippen LogP contribution in [-0.4, -0.2) is 146 Å². The summed E-state index contributed by atoms with van der Waals surface area (Å²) in [5.74, 6) is -3.99. The smallest absolute Gasteiger partial charge is 0.328 e. The second kappa shape index (κ2) is 23.0. The summed E-state index contributed by atoms with van der Waals surface area (Å²) in [5.41, 5.74) is 2.14. The van der Waals surface area contributed by atoms with Crippen LogP contribution in [0.15, 0.2) is 60.7 Å². The van der Waals surface area contributed by atoms with Crippen molar-refractivity contribution in [2.24, 2.45) is 0 Å². The Balaban J connectivity index is 0.000000257. The van der Waals surface area contributed by atoms with Gasteiger partial charge in [-0.15, -0.1) is 0 Å². The number of rotatable bonds is 15. The molecule has 0 spiro atoms. The zero-order valence-electron chi connectivity index (χ0n) is 33.7. The van der Waals surface area contributed by atoms with Crippen molar-refractivity contribution in [2.75, 3.05) is 32.8 Å². The lowest BCUT2D eigenvalue weighted by atomic mass is 10.0. The molecular formula is C42H60N6O11. The molecule has 17 heteroatoms. The number of carboxylic acids is 3. The van der Waals surface area contributed by atoms with Gasteiger partial charge in [0.15, 0.2) is 0 Å². The van der Waals surface area contributed by atoms with Crippen LogP contribution < -0.4 is 10.6 Å². The maximum Gasteiger partial charge on any atom is 0.328 e. The van der Waals surface area contributed by atoms with Crippen LogP contribution in [0.1, 0.15) is 82.3 Å². The zero-order valence-corrected chi connectivity index (χ0v) is 33.7.